The van der Waals surface area contributed by atoms with E-state index in [9.17, 15) is 14.4 Å². The van der Waals surface area contributed by atoms with Gasteiger partial charge in [-0.1, -0.05) is 54.1 Å². The number of hydrogen-bond acceptors (Lipinski definition) is 6. The molecule has 0 spiro atoms. The smallest absolute Gasteiger partial charge is 0.310 e. The summed E-state index contributed by atoms with van der Waals surface area (Å²) in [5.41, 5.74) is 10.0. The Morgan fingerprint density at radius 2 is 1.71 bits per heavy atom. The van der Waals surface area contributed by atoms with Crippen LogP contribution in [0.2, 0.25) is 0 Å². The average molecular weight is 479 g/mol. The highest BCUT2D eigenvalue weighted by atomic mass is 16.5. The second-order valence-corrected chi connectivity index (χ2v) is 8.07. The number of amides is 1. The average Bonchev–Trinajstić information content (AvgIpc) is 2.82. The molecule has 1 amide bonds. The summed E-state index contributed by atoms with van der Waals surface area (Å²) in [5.74, 6) is -0.242. The number of nitrogens with two attached hydrogens (primary N) is 1. The summed E-state index contributed by atoms with van der Waals surface area (Å²) in [6, 6.07) is 18.8. The first-order valence-electron chi connectivity index (χ1n) is 11.6. The first kappa shape index (κ1) is 27.5. The molecule has 3 aromatic rings. The van der Waals surface area contributed by atoms with Gasteiger partial charge in [0.1, 0.15) is 0 Å². The Kier molecular flexibility index (Phi) is 11.4. The Bertz CT molecular complexity index is 1160. The van der Waals surface area contributed by atoms with Gasteiger partial charge in [0, 0.05) is 25.6 Å². The van der Waals surface area contributed by atoms with E-state index in [1.165, 1.54) is 16.3 Å². The predicted molar refractivity (Wildman–Crippen MR) is 136 cm³/mol. The van der Waals surface area contributed by atoms with Crippen LogP contribution in [0.1, 0.15) is 41.3 Å². The topological polar surface area (TPSA) is 116 Å². The number of ether oxygens (including phenoxy) is 1. The van der Waals surface area contributed by atoms with Gasteiger partial charge in [-0.2, -0.15) is 5.10 Å². The van der Waals surface area contributed by atoms with E-state index in [-0.39, 0.29) is 23.9 Å². The van der Waals surface area contributed by atoms with Crippen LogP contribution in [0, 0.1) is 13.8 Å². The molecule has 1 heterocycles. The van der Waals surface area contributed by atoms with Crippen molar-refractivity contribution in [2.24, 2.45) is 5.73 Å². The highest BCUT2D eigenvalue weighted by Crippen LogP contribution is 2.08. The molecule has 35 heavy (non-hydrogen) atoms. The van der Waals surface area contributed by atoms with Crippen LogP contribution in [-0.2, 0) is 33.8 Å². The zero-order valence-electron chi connectivity index (χ0n) is 20.6. The van der Waals surface area contributed by atoms with Crippen LogP contribution in [0.5, 0.6) is 0 Å². The molecular formula is C27H34N4O4. The maximum absolute atomic E-state index is 11.7. The van der Waals surface area contributed by atoms with Crippen LogP contribution in [0.25, 0.3) is 0 Å². The highest BCUT2D eigenvalue weighted by molar-refractivity contribution is 5.76. The molecule has 0 atom stereocenters. The second kappa shape index (κ2) is 14.5. The number of aromatic nitrogens is 2. The van der Waals surface area contributed by atoms with Gasteiger partial charge in [0.2, 0.25) is 5.91 Å². The maximum atomic E-state index is 11.7. The fourth-order valence-corrected chi connectivity index (χ4v) is 3.18. The number of rotatable bonds is 9. The summed E-state index contributed by atoms with van der Waals surface area (Å²) in [7, 11) is 0. The summed E-state index contributed by atoms with van der Waals surface area (Å²) < 4.78 is 6.35. The lowest BCUT2D eigenvalue weighted by Gasteiger charge is -2.07. The Labute approximate surface area is 206 Å². The van der Waals surface area contributed by atoms with Gasteiger partial charge >= 0.3 is 5.97 Å². The van der Waals surface area contributed by atoms with Gasteiger partial charge in [-0.05, 0) is 43.5 Å². The van der Waals surface area contributed by atoms with Crippen molar-refractivity contribution in [3.8, 4) is 0 Å². The van der Waals surface area contributed by atoms with E-state index in [1.54, 1.807) is 13.0 Å². The quantitative estimate of drug-likeness (QED) is 0.457. The van der Waals surface area contributed by atoms with Gasteiger partial charge in [0.05, 0.1) is 25.3 Å². The molecule has 0 saturated heterocycles. The van der Waals surface area contributed by atoms with Gasteiger partial charge in [-0.25, -0.2) is 4.68 Å². The molecule has 0 bridgehead atoms. The molecule has 8 heteroatoms. The van der Waals surface area contributed by atoms with Crippen molar-refractivity contribution in [3.63, 3.8) is 0 Å². The molecule has 8 nitrogen and oxygen atoms in total. The van der Waals surface area contributed by atoms with Crippen molar-refractivity contribution in [1.82, 2.24) is 15.1 Å². The van der Waals surface area contributed by atoms with Crippen LogP contribution in [0.4, 0.5) is 0 Å². The predicted octanol–water partition coefficient (Wildman–Crippen LogP) is 2.67. The number of esters is 1. The maximum Gasteiger partial charge on any atom is 0.310 e. The van der Waals surface area contributed by atoms with Gasteiger partial charge in [-0.3, -0.25) is 14.4 Å². The van der Waals surface area contributed by atoms with Crippen LogP contribution in [0.15, 0.2) is 65.5 Å². The van der Waals surface area contributed by atoms with Crippen molar-refractivity contribution in [1.29, 1.82) is 0 Å². The third-order valence-electron chi connectivity index (χ3n) is 4.96. The van der Waals surface area contributed by atoms with E-state index in [2.05, 4.69) is 10.4 Å². The second-order valence-electron chi connectivity index (χ2n) is 8.07. The van der Waals surface area contributed by atoms with E-state index in [4.69, 9.17) is 10.5 Å². The van der Waals surface area contributed by atoms with E-state index < -0.39 is 0 Å². The number of aryl methyl sites for hydroxylation is 2. The van der Waals surface area contributed by atoms with Gasteiger partial charge < -0.3 is 15.8 Å². The van der Waals surface area contributed by atoms with Gasteiger partial charge in [0.25, 0.3) is 5.56 Å². The van der Waals surface area contributed by atoms with Crippen LogP contribution in [-0.4, -0.2) is 34.8 Å². The molecule has 0 aliphatic carbocycles. The first-order chi connectivity index (χ1) is 16.8. The van der Waals surface area contributed by atoms with E-state index in [0.717, 1.165) is 22.4 Å². The number of benzene rings is 2. The van der Waals surface area contributed by atoms with Crippen molar-refractivity contribution >= 4 is 11.9 Å². The minimum Gasteiger partial charge on any atom is -0.466 e. The van der Waals surface area contributed by atoms with Crippen molar-refractivity contribution in [3.05, 3.63) is 99.0 Å². The summed E-state index contributed by atoms with van der Waals surface area (Å²) in [6.45, 7) is 7.41. The number of nitrogens with zero attached hydrogens (tertiary/aromatic N) is 2. The fourth-order valence-electron chi connectivity index (χ4n) is 3.18. The fraction of sp³-hybridized carbons (Fsp3) is 0.333. The number of carbonyl (C=O) groups is 2. The summed E-state index contributed by atoms with van der Waals surface area (Å²) in [4.78, 5) is 34.3. The van der Waals surface area contributed by atoms with Crippen LogP contribution < -0.4 is 16.6 Å². The lowest BCUT2D eigenvalue weighted by Crippen LogP contribution is -2.24. The molecule has 0 aliphatic rings. The zero-order valence-corrected chi connectivity index (χ0v) is 20.6. The third kappa shape index (κ3) is 10.4. The lowest BCUT2D eigenvalue weighted by molar-refractivity contribution is -0.142. The minimum atomic E-state index is -0.250. The normalized spacial score (nSPS) is 10.2. The van der Waals surface area contributed by atoms with Crippen LogP contribution in [0.3, 0.4) is 0 Å². The first-order valence-corrected chi connectivity index (χ1v) is 11.6. The lowest BCUT2D eigenvalue weighted by atomic mass is 10.1. The molecule has 186 valence electrons. The standard InChI is InChI=1S/C16H18N2O3.C11H16N2O/c1-3-21-16(20)10-13-5-4-6-14(9-13)11-18-15(19)8-7-12(2)17-18;1-9-2-4-10(5-3-9)8-13-11(14)6-7-12/h4-9H,3,10-11H2,1-2H3;2-5H,6-8,12H2,1H3,(H,13,14). The molecule has 0 unspecified atom stereocenters. The molecule has 3 rings (SSSR count). The number of carbonyl (C=O) groups excluding carboxylic acids is 2. The molecule has 0 aliphatic heterocycles. The highest BCUT2D eigenvalue weighted by Gasteiger charge is 2.06. The molecule has 1 aromatic heterocycles. The summed E-state index contributed by atoms with van der Waals surface area (Å²) >= 11 is 0. The summed E-state index contributed by atoms with van der Waals surface area (Å²) in [5, 5.41) is 7.00. The minimum absolute atomic E-state index is 0.00748. The van der Waals surface area contributed by atoms with Crippen molar-refractivity contribution in [2.75, 3.05) is 13.2 Å². The molecule has 3 N–H and O–H groups in total. The largest absolute Gasteiger partial charge is 0.466 e. The van der Waals surface area contributed by atoms with Gasteiger partial charge in [-0.15, -0.1) is 0 Å². The summed E-state index contributed by atoms with van der Waals surface area (Å²) in [6.07, 6.45) is 0.629. The van der Waals surface area contributed by atoms with E-state index in [0.29, 0.717) is 32.7 Å². The SMILES string of the molecule is CCOC(=O)Cc1cccc(Cn2nc(C)ccc2=O)c1.Cc1ccc(CNC(=O)CCN)cc1. The van der Waals surface area contributed by atoms with Crippen LogP contribution >= 0.6 is 0 Å². The Balaban J connectivity index is 0.000000269. The third-order valence-corrected chi connectivity index (χ3v) is 4.96. The number of hydrogen-bond donors (Lipinski definition) is 2. The molecule has 2 aromatic carbocycles. The Morgan fingerprint density at radius 1 is 1.00 bits per heavy atom. The molecule has 0 radical (unpaired) electrons. The van der Waals surface area contributed by atoms with E-state index >= 15 is 0 Å². The van der Waals surface area contributed by atoms with Crippen molar-refractivity contribution in [2.45, 2.75) is 46.7 Å². The zero-order chi connectivity index (χ0) is 25.6. The Hall–Kier alpha value is -3.78. The van der Waals surface area contributed by atoms with Crippen molar-refractivity contribution < 1.29 is 14.3 Å². The van der Waals surface area contributed by atoms with E-state index in [1.807, 2.05) is 62.4 Å². The molecule has 0 fully saturated rings. The molecular weight excluding hydrogens is 444 g/mol. The monoisotopic (exact) mass is 478 g/mol. The number of nitrogens with one attached hydrogen (secondary N) is 1. The molecule has 0 saturated carbocycles. The van der Waals surface area contributed by atoms with Gasteiger partial charge in [0.15, 0.2) is 0 Å². The Morgan fingerprint density at radius 3 is 2.40 bits per heavy atom.